The number of amides is 1. The molecule has 26 heavy (non-hydrogen) atoms. The molecule has 0 bridgehead atoms. The van der Waals surface area contributed by atoms with Crippen LogP contribution in [0.4, 0.5) is 8.78 Å². The summed E-state index contributed by atoms with van der Waals surface area (Å²) in [5.41, 5.74) is 0.143. The zero-order valence-corrected chi connectivity index (χ0v) is 14.4. The number of nitrogens with one attached hydrogen (secondary N) is 1. The molecular formula is C19H18F2N2O3. The van der Waals surface area contributed by atoms with Crippen molar-refractivity contribution in [3.8, 4) is 0 Å². The van der Waals surface area contributed by atoms with Crippen molar-refractivity contribution in [1.82, 2.24) is 9.88 Å². The Bertz CT molecular complexity index is 1040. The number of hydrogen-bond acceptors (Lipinski definition) is 3. The van der Waals surface area contributed by atoms with Crippen LogP contribution in [0.1, 0.15) is 35.0 Å². The lowest BCUT2D eigenvalue weighted by Gasteiger charge is -2.07. The van der Waals surface area contributed by atoms with Crippen molar-refractivity contribution in [1.29, 1.82) is 0 Å². The van der Waals surface area contributed by atoms with Gasteiger partial charge in [-0.3, -0.25) is 9.59 Å². The van der Waals surface area contributed by atoms with Gasteiger partial charge in [0.25, 0.3) is 11.5 Å². The van der Waals surface area contributed by atoms with Crippen molar-refractivity contribution in [3.63, 3.8) is 0 Å². The molecule has 0 saturated heterocycles. The van der Waals surface area contributed by atoms with Crippen molar-refractivity contribution in [2.24, 2.45) is 0 Å². The summed E-state index contributed by atoms with van der Waals surface area (Å²) in [6.45, 7) is 3.85. The largest absolute Gasteiger partial charge is 0.460 e. The van der Waals surface area contributed by atoms with Gasteiger partial charge >= 0.3 is 0 Å². The Morgan fingerprint density at radius 3 is 2.77 bits per heavy atom. The third-order valence-electron chi connectivity index (χ3n) is 4.13. The van der Waals surface area contributed by atoms with E-state index in [1.807, 2.05) is 6.92 Å². The lowest BCUT2D eigenvalue weighted by Crippen LogP contribution is -2.26. The number of nitrogens with zero attached hydrogens (tertiary/aromatic N) is 1. The molecular weight excluding hydrogens is 342 g/mol. The quantitative estimate of drug-likeness (QED) is 0.757. The first kappa shape index (κ1) is 17.8. The number of rotatable bonds is 5. The minimum Gasteiger partial charge on any atom is -0.460 e. The highest BCUT2D eigenvalue weighted by atomic mass is 19.1. The molecule has 0 aliphatic heterocycles. The molecule has 1 amide bonds. The monoisotopic (exact) mass is 360 g/mol. The second-order valence-corrected chi connectivity index (χ2v) is 6.01. The van der Waals surface area contributed by atoms with Gasteiger partial charge in [-0.05, 0) is 37.6 Å². The van der Waals surface area contributed by atoms with Gasteiger partial charge in [-0.1, -0.05) is 6.92 Å². The maximum absolute atomic E-state index is 13.7. The number of halogens is 2. The zero-order chi connectivity index (χ0) is 18.8. The van der Waals surface area contributed by atoms with Gasteiger partial charge in [-0.2, -0.15) is 0 Å². The molecule has 2 aromatic heterocycles. The lowest BCUT2D eigenvalue weighted by molar-refractivity contribution is 0.0950. The fraction of sp³-hybridized carbons (Fsp3) is 0.263. The van der Waals surface area contributed by atoms with E-state index < -0.39 is 17.5 Å². The minimum absolute atomic E-state index is 0.0206. The number of fused-ring (bicyclic) bond motifs is 1. The van der Waals surface area contributed by atoms with Crippen LogP contribution in [-0.2, 0) is 13.1 Å². The van der Waals surface area contributed by atoms with Gasteiger partial charge in [0.15, 0.2) is 0 Å². The van der Waals surface area contributed by atoms with Crippen molar-refractivity contribution in [3.05, 3.63) is 69.3 Å². The number of carbonyl (C=O) groups excluding carboxylic acids is 1. The number of aryl methyl sites for hydroxylation is 2. The first-order valence-electron chi connectivity index (χ1n) is 8.27. The van der Waals surface area contributed by atoms with E-state index in [1.165, 1.54) is 4.57 Å². The highest BCUT2D eigenvalue weighted by Crippen LogP contribution is 2.22. The van der Waals surface area contributed by atoms with Crippen LogP contribution in [0, 0.1) is 18.6 Å². The van der Waals surface area contributed by atoms with Crippen LogP contribution in [0.3, 0.4) is 0 Å². The summed E-state index contributed by atoms with van der Waals surface area (Å²) in [6.07, 6.45) is 2.39. The predicted molar refractivity (Wildman–Crippen MR) is 93.0 cm³/mol. The van der Waals surface area contributed by atoms with Gasteiger partial charge in [0, 0.05) is 24.8 Å². The molecule has 0 fully saturated rings. The van der Waals surface area contributed by atoms with E-state index in [1.54, 1.807) is 19.2 Å². The standard InChI is InChI=1S/C19H18F2N2O3/c1-3-7-23-8-6-15-17(19(23)25)16(11(2)26-15)18(24)22-10-12-9-13(20)4-5-14(12)21/h4-6,8-9H,3,7,10H2,1-2H3,(H,22,24). The summed E-state index contributed by atoms with van der Waals surface area (Å²) in [5, 5.41) is 2.72. The molecule has 3 rings (SSSR count). The second-order valence-electron chi connectivity index (χ2n) is 6.01. The number of carbonyl (C=O) groups is 1. The number of aromatic nitrogens is 1. The number of pyridine rings is 1. The van der Waals surface area contributed by atoms with Crippen LogP contribution in [-0.4, -0.2) is 10.5 Å². The Labute approximate surface area is 148 Å². The highest BCUT2D eigenvalue weighted by molar-refractivity contribution is 6.06. The van der Waals surface area contributed by atoms with Crippen LogP contribution >= 0.6 is 0 Å². The summed E-state index contributed by atoms with van der Waals surface area (Å²) in [6, 6.07) is 4.66. The molecule has 0 aliphatic rings. The number of hydrogen-bond donors (Lipinski definition) is 1. The SMILES string of the molecule is CCCn1ccc2oc(C)c(C(=O)NCc3cc(F)ccc3F)c2c1=O. The van der Waals surface area contributed by atoms with Crippen molar-refractivity contribution >= 4 is 16.9 Å². The summed E-state index contributed by atoms with van der Waals surface area (Å²) in [7, 11) is 0. The minimum atomic E-state index is -0.620. The number of benzene rings is 1. The Balaban J connectivity index is 1.95. The van der Waals surface area contributed by atoms with Crippen molar-refractivity contribution in [2.45, 2.75) is 33.4 Å². The van der Waals surface area contributed by atoms with Gasteiger partial charge in [-0.25, -0.2) is 8.78 Å². The second kappa shape index (κ2) is 7.11. The Hall–Kier alpha value is -2.96. The predicted octanol–water partition coefficient (Wildman–Crippen LogP) is 3.52. The summed E-state index contributed by atoms with van der Waals surface area (Å²) < 4.78 is 34.0. The molecule has 136 valence electrons. The molecule has 2 heterocycles. The zero-order valence-electron chi connectivity index (χ0n) is 14.4. The smallest absolute Gasteiger partial charge is 0.262 e. The van der Waals surface area contributed by atoms with Crippen molar-refractivity contribution in [2.75, 3.05) is 0 Å². The van der Waals surface area contributed by atoms with Crippen LogP contribution in [0.15, 0.2) is 39.7 Å². The molecule has 3 aromatic rings. The number of furan rings is 1. The Morgan fingerprint density at radius 1 is 1.27 bits per heavy atom. The average molecular weight is 360 g/mol. The molecule has 1 N–H and O–H groups in total. The summed E-state index contributed by atoms with van der Waals surface area (Å²) >= 11 is 0. The fourth-order valence-corrected chi connectivity index (χ4v) is 2.90. The van der Waals surface area contributed by atoms with Crippen LogP contribution in [0.25, 0.3) is 11.0 Å². The third kappa shape index (κ3) is 3.24. The Morgan fingerprint density at radius 2 is 2.04 bits per heavy atom. The summed E-state index contributed by atoms with van der Waals surface area (Å²) in [5.74, 6) is -1.49. The van der Waals surface area contributed by atoms with Gasteiger partial charge in [-0.15, -0.1) is 0 Å². The van der Waals surface area contributed by atoms with E-state index in [9.17, 15) is 18.4 Å². The van der Waals surface area contributed by atoms with Crippen LogP contribution < -0.4 is 10.9 Å². The fourth-order valence-electron chi connectivity index (χ4n) is 2.90. The molecule has 0 unspecified atom stereocenters. The first-order valence-corrected chi connectivity index (χ1v) is 8.27. The molecule has 7 heteroatoms. The van der Waals surface area contributed by atoms with Gasteiger partial charge in [0.1, 0.15) is 23.0 Å². The van der Waals surface area contributed by atoms with E-state index in [2.05, 4.69) is 5.32 Å². The maximum atomic E-state index is 13.7. The van der Waals surface area contributed by atoms with E-state index in [0.717, 1.165) is 24.6 Å². The highest BCUT2D eigenvalue weighted by Gasteiger charge is 2.22. The van der Waals surface area contributed by atoms with E-state index in [0.29, 0.717) is 17.9 Å². The lowest BCUT2D eigenvalue weighted by atomic mass is 10.1. The van der Waals surface area contributed by atoms with Crippen molar-refractivity contribution < 1.29 is 18.0 Å². The first-order chi connectivity index (χ1) is 12.4. The molecule has 0 aliphatic carbocycles. The molecule has 5 nitrogen and oxygen atoms in total. The normalized spacial score (nSPS) is 11.1. The average Bonchev–Trinajstić information content (AvgIpc) is 2.95. The van der Waals surface area contributed by atoms with E-state index in [4.69, 9.17) is 4.42 Å². The molecule has 0 radical (unpaired) electrons. The summed E-state index contributed by atoms with van der Waals surface area (Å²) in [4.78, 5) is 25.2. The molecule has 0 spiro atoms. The third-order valence-corrected chi connectivity index (χ3v) is 4.13. The molecule has 1 aromatic carbocycles. The van der Waals surface area contributed by atoms with Gasteiger partial charge in [0.2, 0.25) is 0 Å². The van der Waals surface area contributed by atoms with E-state index >= 15 is 0 Å². The van der Waals surface area contributed by atoms with Gasteiger partial charge in [0.05, 0.1) is 10.9 Å². The topological polar surface area (TPSA) is 64.2 Å². The Kier molecular flexibility index (Phi) is 4.88. The maximum Gasteiger partial charge on any atom is 0.262 e. The molecule has 0 saturated carbocycles. The van der Waals surface area contributed by atoms with Crippen LogP contribution in [0.2, 0.25) is 0 Å². The molecule has 0 atom stereocenters. The van der Waals surface area contributed by atoms with Crippen LogP contribution in [0.5, 0.6) is 0 Å². The van der Waals surface area contributed by atoms with E-state index in [-0.39, 0.29) is 28.6 Å². The van der Waals surface area contributed by atoms with Gasteiger partial charge < -0.3 is 14.3 Å².